The fourth-order valence-corrected chi connectivity index (χ4v) is 3.49. The predicted molar refractivity (Wildman–Crippen MR) is 93.1 cm³/mol. The Balaban J connectivity index is 1.80. The minimum absolute atomic E-state index is 0.146. The fourth-order valence-electron chi connectivity index (χ4n) is 3.49. The molecule has 0 fully saturated rings. The molecule has 1 N–H and O–H groups in total. The molecule has 1 atom stereocenters. The molecule has 2 nitrogen and oxygen atoms in total. The minimum atomic E-state index is 0.146. The molecule has 0 spiro atoms. The van der Waals surface area contributed by atoms with Crippen LogP contribution in [-0.2, 0) is 0 Å². The molecule has 110 valence electrons. The van der Waals surface area contributed by atoms with E-state index in [0.717, 1.165) is 17.1 Å². The summed E-state index contributed by atoms with van der Waals surface area (Å²) in [6.45, 7) is 0. The van der Waals surface area contributed by atoms with Crippen molar-refractivity contribution in [3.05, 3.63) is 95.6 Å². The number of ether oxygens (including phenoxy) is 1. The average molecular weight is 297 g/mol. The van der Waals surface area contributed by atoms with Gasteiger partial charge in [0.15, 0.2) is 0 Å². The topological polar surface area (TPSA) is 21.3 Å². The molecule has 23 heavy (non-hydrogen) atoms. The second kappa shape index (κ2) is 4.75. The summed E-state index contributed by atoms with van der Waals surface area (Å²) >= 11 is 0. The third kappa shape index (κ3) is 1.82. The first-order valence-electron chi connectivity index (χ1n) is 7.84. The monoisotopic (exact) mass is 297 g/mol. The van der Waals surface area contributed by atoms with Gasteiger partial charge in [0.2, 0.25) is 0 Å². The molecule has 3 aromatic rings. The van der Waals surface area contributed by atoms with E-state index in [-0.39, 0.29) is 6.04 Å². The average Bonchev–Trinajstić information content (AvgIpc) is 3.02. The number of para-hydroxylation sites is 2. The third-order valence-electron chi connectivity index (χ3n) is 4.53. The van der Waals surface area contributed by atoms with E-state index in [1.54, 1.807) is 0 Å². The smallest absolute Gasteiger partial charge is 0.140 e. The number of hydrogen-bond acceptors (Lipinski definition) is 2. The van der Waals surface area contributed by atoms with Gasteiger partial charge in [-0.2, -0.15) is 0 Å². The summed E-state index contributed by atoms with van der Waals surface area (Å²) in [4.78, 5) is 0. The van der Waals surface area contributed by atoms with Crippen molar-refractivity contribution in [2.45, 2.75) is 6.04 Å². The number of rotatable bonds is 1. The first-order chi connectivity index (χ1) is 11.4. The van der Waals surface area contributed by atoms with Crippen molar-refractivity contribution in [3.8, 4) is 5.75 Å². The van der Waals surface area contributed by atoms with Gasteiger partial charge >= 0.3 is 0 Å². The van der Waals surface area contributed by atoms with Gasteiger partial charge in [-0.1, -0.05) is 66.7 Å². The van der Waals surface area contributed by atoms with Crippen LogP contribution in [0.3, 0.4) is 0 Å². The highest BCUT2D eigenvalue weighted by Gasteiger charge is 2.36. The van der Waals surface area contributed by atoms with E-state index in [9.17, 15) is 0 Å². The molecule has 2 aliphatic rings. The Kier molecular flexibility index (Phi) is 2.59. The fraction of sp³-hybridized carbons (Fsp3) is 0.0476. The van der Waals surface area contributed by atoms with Crippen LogP contribution in [0.2, 0.25) is 0 Å². The zero-order chi connectivity index (χ0) is 15.2. The molecular formula is C21H15NO. The molecule has 0 aliphatic carbocycles. The lowest BCUT2D eigenvalue weighted by molar-refractivity contribution is 0.497. The maximum atomic E-state index is 6.33. The van der Waals surface area contributed by atoms with E-state index < -0.39 is 0 Å². The van der Waals surface area contributed by atoms with Crippen LogP contribution < -0.4 is 10.1 Å². The van der Waals surface area contributed by atoms with Crippen molar-refractivity contribution in [2.24, 2.45) is 0 Å². The van der Waals surface area contributed by atoms with E-state index >= 15 is 0 Å². The predicted octanol–water partition coefficient (Wildman–Crippen LogP) is 5.11. The van der Waals surface area contributed by atoms with Gasteiger partial charge in [-0.15, -0.1) is 0 Å². The van der Waals surface area contributed by atoms with Crippen LogP contribution in [0, 0.1) is 0 Å². The largest absolute Gasteiger partial charge is 0.456 e. The Bertz CT molecular complexity index is 927. The van der Waals surface area contributed by atoms with Gasteiger partial charge < -0.3 is 10.1 Å². The van der Waals surface area contributed by atoms with Crippen LogP contribution in [0.15, 0.2) is 78.9 Å². The number of fused-ring (bicyclic) bond motifs is 5. The molecule has 0 radical (unpaired) electrons. The lowest BCUT2D eigenvalue weighted by Crippen LogP contribution is -2.15. The number of benzene rings is 3. The highest BCUT2D eigenvalue weighted by atomic mass is 16.5. The van der Waals surface area contributed by atoms with Crippen LogP contribution >= 0.6 is 0 Å². The molecule has 0 amide bonds. The Morgan fingerprint density at radius 3 is 2.39 bits per heavy atom. The summed E-state index contributed by atoms with van der Waals surface area (Å²) in [6, 6.07) is 27.2. The molecule has 2 aliphatic heterocycles. The second-order valence-corrected chi connectivity index (χ2v) is 5.87. The summed E-state index contributed by atoms with van der Waals surface area (Å²) in [5.41, 5.74) is 5.93. The molecular weight excluding hydrogens is 282 g/mol. The van der Waals surface area contributed by atoms with E-state index in [0.29, 0.717) is 0 Å². The number of anilines is 1. The van der Waals surface area contributed by atoms with Gasteiger partial charge in [0.25, 0.3) is 0 Å². The van der Waals surface area contributed by atoms with Crippen LogP contribution in [0.5, 0.6) is 5.75 Å². The molecule has 5 rings (SSSR count). The summed E-state index contributed by atoms with van der Waals surface area (Å²) in [7, 11) is 0. The van der Waals surface area contributed by atoms with Crippen molar-refractivity contribution in [1.82, 2.24) is 0 Å². The lowest BCUT2D eigenvalue weighted by atomic mass is 9.91. The van der Waals surface area contributed by atoms with Gasteiger partial charge in [0.1, 0.15) is 11.5 Å². The molecule has 2 heterocycles. The van der Waals surface area contributed by atoms with Crippen molar-refractivity contribution in [2.75, 3.05) is 5.32 Å². The SMILES string of the molecule is c1ccc(C2=C3c4ccccc4NC3c3ccccc3O2)cc1. The minimum Gasteiger partial charge on any atom is -0.456 e. The van der Waals surface area contributed by atoms with E-state index in [1.165, 1.54) is 22.4 Å². The first-order valence-corrected chi connectivity index (χ1v) is 7.84. The molecule has 0 saturated carbocycles. The van der Waals surface area contributed by atoms with E-state index in [4.69, 9.17) is 4.74 Å². The van der Waals surface area contributed by atoms with Gasteiger partial charge in [0.05, 0.1) is 6.04 Å². The number of hydrogen-bond donors (Lipinski definition) is 1. The summed E-state index contributed by atoms with van der Waals surface area (Å²) < 4.78 is 6.33. The van der Waals surface area contributed by atoms with Crippen molar-refractivity contribution < 1.29 is 4.74 Å². The maximum Gasteiger partial charge on any atom is 0.140 e. The molecule has 2 heteroatoms. The van der Waals surface area contributed by atoms with E-state index in [1.807, 2.05) is 18.2 Å². The highest BCUT2D eigenvalue weighted by Crippen LogP contribution is 2.52. The van der Waals surface area contributed by atoms with Gasteiger partial charge in [-0.05, 0) is 12.1 Å². The lowest BCUT2D eigenvalue weighted by Gasteiger charge is -2.27. The van der Waals surface area contributed by atoms with Crippen LogP contribution in [0.1, 0.15) is 22.7 Å². The van der Waals surface area contributed by atoms with Crippen LogP contribution in [0.4, 0.5) is 5.69 Å². The first kappa shape index (κ1) is 12.5. The van der Waals surface area contributed by atoms with Crippen LogP contribution in [-0.4, -0.2) is 0 Å². The Labute approximate surface area is 135 Å². The molecule has 0 saturated heterocycles. The van der Waals surface area contributed by atoms with Crippen LogP contribution in [0.25, 0.3) is 11.3 Å². The van der Waals surface area contributed by atoms with E-state index in [2.05, 4.69) is 66.0 Å². The standard InChI is InChI=1S/C21H15NO/c1-2-8-14(9-3-1)21-19-15-10-4-6-12-17(15)22-20(19)16-11-5-7-13-18(16)23-21/h1-13,20,22H. The zero-order valence-electron chi connectivity index (χ0n) is 12.5. The normalized spacial score (nSPS) is 17.7. The molecule has 0 aromatic heterocycles. The summed E-state index contributed by atoms with van der Waals surface area (Å²) in [5.74, 6) is 1.88. The Morgan fingerprint density at radius 2 is 1.48 bits per heavy atom. The Hall–Kier alpha value is -3.00. The third-order valence-corrected chi connectivity index (χ3v) is 4.53. The van der Waals surface area contributed by atoms with Gasteiger partial charge in [-0.3, -0.25) is 0 Å². The summed E-state index contributed by atoms with van der Waals surface area (Å²) in [6.07, 6.45) is 0. The Morgan fingerprint density at radius 1 is 0.739 bits per heavy atom. The molecule has 1 unspecified atom stereocenters. The van der Waals surface area contributed by atoms with Crippen molar-refractivity contribution in [3.63, 3.8) is 0 Å². The van der Waals surface area contributed by atoms with Crippen molar-refractivity contribution >= 4 is 17.0 Å². The second-order valence-electron chi connectivity index (χ2n) is 5.87. The van der Waals surface area contributed by atoms with Crippen molar-refractivity contribution in [1.29, 1.82) is 0 Å². The van der Waals surface area contributed by atoms with Gasteiger partial charge in [0, 0.05) is 28.0 Å². The maximum absolute atomic E-state index is 6.33. The number of nitrogens with one attached hydrogen (secondary N) is 1. The molecule has 0 bridgehead atoms. The zero-order valence-corrected chi connectivity index (χ0v) is 12.5. The summed E-state index contributed by atoms with van der Waals surface area (Å²) in [5, 5.41) is 3.65. The quantitative estimate of drug-likeness (QED) is 0.673. The molecule has 3 aromatic carbocycles. The van der Waals surface area contributed by atoms with Gasteiger partial charge in [-0.25, -0.2) is 0 Å². The highest BCUT2D eigenvalue weighted by molar-refractivity contribution is 6.01.